The first-order chi connectivity index (χ1) is 14.1. The molecule has 5 heteroatoms. The van der Waals surface area contributed by atoms with Crippen molar-refractivity contribution in [3.05, 3.63) is 90.5 Å². The Morgan fingerprint density at radius 3 is 2.45 bits per heavy atom. The molecule has 0 bridgehead atoms. The van der Waals surface area contributed by atoms with E-state index in [1.807, 2.05) is 84.9 Å². The summed E-state index contributed by atoms with van der Waals surface area (Å²) in [5.41, 5.74) is 8.45. The number of hydrogen-bond donors (Lipinski definition) is 2. The van der Waals surface area contributed by atoms with Gasteiger partial charge >= 0.3 is 0 Å². The van der Waals surface area contributed by atoms with Crippen molar-refractivity contribution in [3.8, 4) is 22.8 Å². The van der Waals surface area contributed by atoms with Gasteiger partial charge in [0.05, 0.1) is 11.2 Å². The zero-order valence-electron chi connectivity index (χ0n) is 15.7. The fraction of sp³-hybridized carbons (Fsp3) is 0.0833. The first kappa shape index (κ1) is 18.7. The van der Waals surface area contributed by atoms with Gasteiger partial charge in [0.2, 0.25) is 5.91 Å². The van der Waals surface area contributed by atoms with Crippen molar-refractivity contribution in [2.24, 2.45) is 5.73 Å². The molecule has 29 heavy (non-hydrogen) atoms. The molecule has 0 aliphatic heterocycles. The lowest BCUT2D eigenvalue weighted by Gasteiger charge is -2.13. The average Bonchev–Trinajstić information content (AvgIpc) is 2.74. The van der Waals surface area contributed by atoms with Crippen LogP contribution in [-0.4, -0.2) is 22.1 Å². The molecule has 0 fully saturated rings. The van der Waals surface area contributed by atoms with Crippen LogP contribution in [0, 0.1) is 0 Å². The van der Waals surface area contributed by atoms with Crippen molar-refractivity contribution >= 4 is 16.8 Å². The minimum Gasteiger partial charge on any atom is -0.457 e. The molecule has 0 saturated carbocycles. The molecule has 4 aromatic rings. The Balaban J connectivity index is 1.74. The maximum atomic E-state index is 11.4. The Morgan fingerprint density at radius 1 is 0.931 bits per heavy atom. The highest BCUT2D eigenvalue weighted by atomic mass is 16.5. The lowest BCUT2D eigenvalue weighted by Crippen LogP contribution is -2.30. The fourth-order valence-corrected chi connectivity index (χ4v) is 3.22. The van der Waals surface area contributed by atoms with Crippen LogP contribution < -0.4 is 10.5 Å². The molecule has 1 amide bonds. The van der Waals surface area contributed by atoms with Gasteiger partial charge in [-0.1, -0.05) is 48.5 Å². The number of amides is 1. The number of pyridine rings is 1. The minimum atomic E-state index is -1.25. The second kappa shape index (κ2) is 8.12. The van der Waals surface area contributed by atoms with Crippen LogP contribution in [0.3, 0.4) is 0 Å². The smallest absolute Gasteiger partial charge is 0.246 e. The van der Waals surface area contributed by atoms with Gasteiger partial charge < -0.3 is 15.6 Å². The Kier molecular flexibility index (Phi) is 5.22. The number of aromatic nitrogens is 1. The molecule has 1 unspecified atom stereocenters. The predicted octanol–water partition coefficient (Wildman–Crippen LogP) is 4.08. The van der Waals surface area contributed by atoms with Crippen LogP contribution in [0.25, 0.3) is 22.2 Å². The van der Waals surface area contributed by atoms with E-state index in [1.165, 1.54) is 0 Å². The van der Waals surface area contributed by atoms with E-state index in [9.17, 15) is 9.90 Å². The largest absolute Gasteiger partial charge is 0.457 e. The quantitative estimate of drug-likeness (QED) is 0.524. The van der Waals surface area contributed by atoms with Gasteiger partial charge in [0, 0.05) is 17.4 Å². The highest BCUT2D eigenvalue weighted by Gasteiger charge is 2.15. The summed E-state index contributed by atoms with van der Waals surface area (Å²) >= 11 is 0. The molecule has 144 valence electrons. The summed E-state index contributed by atoms with van der Waals surface area (Å²) in [6, 6.07) is 26.7. The van der Waals surface area contributed by atoms with Gasteiger partial charge in [0.25, 0.3) is 0 Å². The van der Waals surface area contributed by atoms with Gasteiger partial charge in [-0.2, -0.15) is 0 Å². The number of carbonyl (C=O) groups excluding carboxylic acids is 1. The van der Waals surface area contributed by atoms with Crippen LogP contribution in [0.5, 0.6) is 11.5 Å². The summed E-state index contributed by atoms with van der Waals surface area (Å²) in [4.78, 5) is 16.1. The summed E-state index contributed by atoms with van der Waals surface area (Å²) < 4.78 is 5.93. The van der Waals surface area contributed by atoms with E-state index in [-0.39, 0.29) is 6.42 Å². The third-order valence-corrected chi connectivity index (χ3v) is 4.65. The maximum absolute atomic E-state index is 11.4. The van der Waals surface area contributed by atoms with Crippen molar-refractivity contribution in [2.75, 3.05) is 0 Å². The SMILES string of the molecule is NC(=O)C(O)Cc1cc(-c2cccc(Oc3ccccc3)c2)nc2ccccc12. The van der Waals surface area contributed by atoms with Gasteiger partial charge in [-0.15, -0.1) is 0 Å². The van der Waals surface area contributed by atoms with E-state index in [2.05, 4.69) is 0 Å². The van der Waals surface area contributed by atoms with Gasteiger partial charge in [0.15, 0.2) is 0 Å². The lowest BCUT2D eigenvalue weighted by molar-refractivity contribution is -0.125. The Bertz CT molecular complexity index is 1160. The van der Waals surface area contributed by atoms with E-state index in [0.29, 0.717) is 5.75 Å². The molecule has 1 atom stereocenters. The standard InChI is InChI=1S/C24H20N2O3/c25-24(28)23(27)15-17-14-22(26-21-12-5-4-11-20(17)21)16-7-6-10-19(13-16)29-18-8-2-1-3-9-18/h1-14,23,27H,15H2,(H2,25,28). The highest BCUT2D eigenvalue weighted by Crippen LogP contribution is 2.29. The third kappa shape index (κ3) is 4.25. The first-order valence-electron chi connectivity index (χ1n) is 9.29. The molecule has 0 aliphatic rings. The van der Waals surface area contributed by atoms with Crippen molar-refractivity contribution in [1.82, 2.24) is 4.98 Å². The zero-order valence-corrected chi connectivity index (χ0v) is 15.7. The van der Waals surface area contributed by atoms with E-state index >= 15 is 0 Å². The summed E-state index contributed by atoms with van der Waals surface area (Å²) in [5.74, 6) is 0.703. The van der Waals surface area contributed by atoms with Crippen molar-refractivity contribution in [1.29, 1.82) is 0 Å². The number of para-hydroxylation sites is 2. The molecule has 0 saturated heterocycles. The fourth-order valence-electron chi connectivity index (χ4n) is 3.22. The summed E-state index contributed by atoms with van der Waals surface area (Å²) in [5, 5.41) is 10.9. The Labute approximate surface area is 168 Å². The number of aliphatic hydroxyl groups is 1. The van der Waals surface area contributed by atoms with Gasteiger partial charge in [-0.3, -0.25) is 4.79 Å². The number of ether oxygens (including phenoxy) is 1. The summed E-state index contributed by atoms with van der Waals surface area (Å²) in [7, 11) is 0. The number of nitrogens with zero attached hydrogens (tertiary/aromatic N) is 1. The Hall–Kier alpha value is -3.70. The number of primary amides is 1. The van der Waals surface area contributed by atoms with Crippen LogP contribution in [0.1, 0.15) is 5.56 Å². The molecule has 1 aromatic heterocycles. The number of carbonyl (C=O) groups is 1. The Morgan fingerprint density at radius 2 is 1.66 bits per heavy atom. The number of rotatable bonds is 6. The van der Waals surface area contributed by atoms with E-state index in [0.717, 1.165) is 33.5 Å². The molecule has 1 heterocycles. The van der Waals surface area contributed by atoms with Crippen molar-refractivity contribution in [3.63, 3.8) is 0 Å². The molecule has 5 nitrogen and oxygen atoms in total. The van der Waals surface area contributed by atoms with Crippen LogP contribution in [-0.2, 0) is 11.2 Å². The van der Waals surface area contributed by atoms with Crippen LogP contribution in [0.4, 0.5) is 0 Å². The van der Waals surface area contributed by atoms with E-state index in [1.54, 1.807) is 0 Å². The molecule has 0 aliphatic carbocycles. The van der Waals surface area contributed by atoms with Gasteiger partial charge in [-0.05, 0) is 42.0 Å². The summed E-state index contributed by atoms with van der Waals surface area (Å²) in [6.07, 6.45) is -1.12. The highest BCUT2D eigenvalue weighted by molar-refractivity contribution is 5.86. The van der Waals surface area contributed by atoms with Crippen LogP contribution >= 0.6 is 0 Å². The first-order valence-corrected chi connectivity index (χ1v) is 9.29. The van der Waals surface area contributed by atoms with Gasteiger partial charge in [-0.25, -0.2) is 4.98 Å². The molecule has 0 spiro atoms. The monoisotopic (exact) mass is 384 g/mol. The lowest BCUT2D eigenvalue weighted by atomic mass is 9.99. The molecule has 0 radical (unpaired) electrons. The molecule has 3 aromatic carbocycles. The van der Waals surface area contributed by atoms with E-state index < -0.39 is 12.0 Å². The maximum Gasteiger partial charge on any atom is 0.246 e. The average molecular weight is 384 g/mol. The minimum absolute atomic E-state index is 0.131. The van der Waals surface area contributed by atoms with Gasteiger partial charge in [0.1, 0.15) is 17.6 Å². The number of aliphatic hydroxyl groups excluding tert-OH is 1. The molecule has 4 rings (SSSR count). The second-order valence-corrected chi connectivity index (χ2v) is 6.75. The van der Waals surface area contributed by atoms with Crippen LogP contribution in [0.15, 0.2) is 84.9 Å². The number of fused-ring (bicyclic) bond motifs is 1. The van der Waals surface area contributed by atoms with E-state index in [4.69, 9.17) is 15.5 Å². The second-order valence-electron chi connectivity index (χ2n) is 6.75. The number of benzene rings is 3. The van der Waals surface area contributed by atoms with Crippen LogP contribution in [0.2, 0.25) is 0 Å². The topological polar surface area (TPSA) is 85.4 Å². The normalized spacial score (nSPS) is 11.9. The zero-order chi connectivity index (χ0) is 20.2. The molecular formula is C24H20N2O3. The number of nitrogens with two attached hydrogens (primary N) is 1. The van der Waals surface area contributed by atoms with Crippen molar-refractivity contribution in [2.45, 2.75) is 12.5 Å². The number of hydrogen-bond acceptors (Lipinski definition) is 4. The van der Waals surface area contributed by atoms with Crippen molar-refractivity contribution < 1.29 is 14.6 Å². The molecule has 3 N–H and O–H groups in total. The molecular weight excluding hydrogens is 364 g/mol. The predicted molar refractivity (Wildman–Crippen MR) is 113 cm³/mol. The third-order valence-electron chi connectivity index (χ3n) is 4.65. The summed E-state index contributed by atoms with van der Waals surface area (Å²) in [6.45, 7) is 0.